The van der Waals surface area contributed by atoms with Gasteiger partial charge in [0.15, 0.2) is 0 Å². The number of hydrogen-bond donors (Lipinski definition) is 1. The van der Waals surface area contributed by atoms with Gasteiger partial charge in [-0.3, -0.25) is 0 Å². The second kappa shape index (κ2) is 9.35. The van der Waals surface area contributed by atoms with Gasteiger partial charge in [-0.2, -0.15) is 5.26 Å². The van der Waals surface area contributed by atoms with Gasteiger partial charge in [0, 0.05) is 11.6 Å². The van der Waals surface area contributed by atoms with Crippen LogP contribution < -0.4 is 0 Å². The first-order valence-electron chi connectivity index (χ1n) is 9.74. The monoisotopic (exact) mass is 449 g/mol. The number of nitrogens with zero attached hydrogens (tertiary/aromatic N) is 1. The van der Waals surface area contributed by atoms with Crippen LogP contribution in [0.4, 0.5) is 26.3 Å². The van der Waals surface area contributed by atoms with Crippen molar-refractivity contribution in [3.05, 3.63) is 87.5 Å². The van der Waals surface area contributed by atoms with Crippen LogP contribution in [-0.4, -0.2) is 5.11 Å². The van der Waals surface area contributed by atoms with Gasteiger partial charge < -0.3 is 5.11 Å². The molecule has 0 fully saturated rings. The number of benzene rings is 3. The van der Waals surface area contributed by atoms with Crippen LogP contribution in [0.3, 0.4) is 0 Å². The average molecular weight is 449 g/mol. The standard InChI is InChI=1S/C24H17F6NO/c1-2-3-12-8-19(28)22(20(29)9-12)23-21(32)10-18(27)14(24(23)30)5-4-13-6-16(25)15(11-31)17(26)7-13/h6-10,32H,2-5H2,1H3. The molecule has 3 rings (SSSR count). The van der Waals surface area contributed by atoms with E-state index in [-0.39, 0.29) is 12.0 Å². The molecule has 0 radical (unpaired) electrons. The predicted molar refractivity (Wildman–Crippen MR) is 106 cm³/mol. The Hall–Kier alpha value is -3.47. The number of aromatic hydroxyl groups is 1. The molecule has 0 aliphatic heterocycles. The Bertz CT molecular complexity index is 1190. The van der Waals surface area contributed by atoms with Crippen molar-refractivity contribution in [2.24, 2.45) is 0 Å². The maximum absolute atomic E-state index is 15.1. The molecule has 1 N–H and O–H groups in total. The lowest BCUT2D eigenvalue weighted by molar-refractivity contribution is 0.457. The molecule has 0 saturated carbocycles. The molecule has 166 valence electrons. The Balaban J connectivity index is 2.03. The van der Waals surface area contributed by atoms with E-state index < -0.39 is 69.3 Å². The maximum atomic E-state index is 15.1. The van der Waals surface area contributed by atoms with Crippen LogP contribution in [0.2, 0.25) is 0 Å². The second-order valence-electron chi connectivity index (χ2n) is 7.28. The summed E-state index contributed by atoms with van der Waals surface area (Å²) in [6, 6.07) is 5.67. The summed E-state index contributed by atoms with van der Waals surface area (Å²) >= 11 is 0. The zero-order chi connectivity index (χ0) is 23.6. The Kier molecular flexibility index (Phi) is 6.78. The minimum Gasteiger partial charge on any atom is -0.507 e. The molecule has 0 aliphatic rings. The molecule has 3 aromatic carbocycles. The van der Waals surface area contributed by atoms with Gasteiger partial charge in [-0.25, -0.2) is 26.3 Å². The Morgan fingerprint density at radius 3 is 1.78 bits per heavy atom. The van der Waals surface area contributed by atoms with Crippen LogP contribution in [0.1, 0.15) is 35.6 Å². The zero-order valence-electron chi connectivity index (χ0n) is 16.9. The van der Waals surface area contributed by atoms with Crippen molar-refractivity contribution in [1.29, 1.82) is 5.26 Å². The first-order chi connectivity index (χ1) is 15.2. The number of rotatable bonds is 6. The molecule has 0 bridgehead atoms. The van der Waals surface area contributed by atoms with Crippen LogP contribution in [0.5, 0.6) is 5.75 Å². The quantitative estimate of drug-likeness (QED) is 0.437. The van der Waals surface area contributed by atoms with E-state index in [0.717, 1.165) is 24.3 Å². The highest BCUT2D eigenvalue weighted by Gasteiger charge is 2.25. The fourth-order valence-corrected chi connectivity index (χ4v) is 3.56. The minimum atomic E-state index is -1.38. The van der Waals surface area contributed by atoms with Crippen LogP contribution in [0.25, 0.3) is 11.1 Å². The summed E-state index contributed by atoms with van der Waals surface area (Å²) in [5, 5.41) is 18.8. The number of phenolic OH excluding ortho intramolecular Hbond substituents is 1. The molecule has 2 nitrogen and oxygen atoms in total. The fourth-order valence-electron chi connectivity index (χ4n) is 3.56. The largest absolute Gasteiger partial charge is 0.507 e. The third-order valence-electron chi connectivity index (χ3n) is 5.06. The minimum absolute atomic E-state index is 0.0219. The highest BCUT2D eigenvalue weighted by Crippen LogP contribution is 2.39. The van der Waals surface area contributed by atoms with Crippen LogP contribution in [0, 0.1) is 46.2 Å². The van der Waals surface area contributed by atoms with Crippen molar-refractivity contribution >= 4 is 0 Å². The topological polar surface area (TPSA) is 44.0 Å². The van der Waals surface area contributed by atoms with Crippen LogP contribution in [0.15, 0.2) is 30.3 Å². The van der Waals surface area contributed by atoms with Crippen molar-refractivity contribution in [1.82, 2.24) is 0 Å². The lowest BCUT2D eigenvalue weighted by atomic mass is 9.94. The first kappa shape index (κ1) is 23.2. The summed E-state index contributed by atoms with van der Waals surface area (Å²) in [7, 11) is 0. The first-order valence-corrected chi connectivity index (χ1v) is 9.74. The highest BCUT2D eigenvalue weighted by molar-refractivity contribution is 5.73. The lowest BCUT2D eigenvalue weighted by Gasteiger charge is -2.14. The Morgan fingerprint density at radius 2 is 1.25 bits per heavy atom. The van der Waals surface area contributed by atoms with E-state index in [1.54, 1.807) is 0 Å². The predicted octanol–water partition coefficient (Wildman–Crippen LogP) is 6.50. The fraction of sp³-hybridized carbons (Fsp3) is 0.208. The molecular formula is C24H17F6NO. The summed E-state index contributed by atoms with van der Waals surface area (Å²) in [5.41, 5.74) is -2.70. The number of halogens is 6. The molecule has 3 aromatic rings. The third kappa shape index (κ3) is 4.42. The number of hydrogen-bond acceptors (Lipinski definition) is 2. The van der Waals surface area contributed by atoms with Crippen molar-refractivity contribution in [3.8, 4) is 22.9 Å². The maximum Gasteiger partial charge on any atom is 0.144 e. The lowest BCUT2D eigenvalue weighted by Crippen LogP contribution is -2.05. The highest BCUT2D eigenvalue weighted by atomic mass is 19.2. The van der Waals surface area contributed by atoms with Gasteiger partial charge in [-0.15, -0.1) is 0 Å². The van der Waals surface area contributed by atoms with E-state index in [1.807, 2.05) is 6.92 Å². The summed E-state index contributed by atoms with van der Waals surface area (Å²) < 4.78 is 86.3. The molecule has 0 saturated heterocycles. The molecule has 0 atom stereocenters. The van der Waals surface area contributed by atoms with E-state index in [2.05, 4.69) is 0 Å². The molecule has 0 amide bonds. The molecular weight excluding hydrogens is 432 g/mol. The summed E-state index contributed by atoms with van der Waals surface area (Å²) in [5.74, 6) is -8.01. The normalized spacial score (nSPS) is 10.9. The van der Waals surface area contributed by atoms with Gasteiger partial charge in [0.1, 0.15) is 52.3 Å². The average Bonchev–Trinajstić information content (AvgIpc) is 2.69. The Morgan fingerprint density at radius 1 is 0.719 bits per heavy atom. The van der Waals surface area contributed by atoms with Gasteiger partial charge in [0.05, 0.1) is 11.1 Å². The van der Waals surface area contributed by atoms with E-state index in [0.29, 0.717) is 24.5 Å². The molecule has 0 spiro atoms. The molecule has 32 heavy (non-hydrogen) atoms. The summed E-state index contributed by atoms with van der Waals surface area (Å²) in [6.07, 6.45) is 0.342. The number of aryl methyl sites for hydroxylation is 2. The Labute approximate surface area is 180 Å². The van der Waals surface area contributed by atoms with Gasteiger partial charge in [-0.1, -0.05) is 13.3 Å². The zero-order valence-corrected chi connectivity index (χ0v) is 16.9. The van der Waals surface area contributed by atoms with E-state index in [4.69, 9.17) is 5.26 Å². The van der Waals surface area contributed by atoms with E-state index >= 15 is 4.39 Å². The second-order valence-corrected chi connectivity index (χ2v) is 7.28. The molecule has 0 aromatic heterocycles. The molecule has 0 unspecified atom stereocenters. The van der Waals surface area contributed by atoms with E-state index in [9.17, 15) is 27.1 Å². The summed E-state index contributed by atoms with van der Waals surface area (Å²) in [6.45, 7) is 1.81. The molecule has 0 heterocycles. The van der Waals surface area contributed by atoms with Crippen LogP contribution in [-0.2, 0) is 19.3 Å². The van der Waals surface area contributed by atoms with E-state index in [1.165, 1.54) is 6.07 Å². The smallest absolute Gasteiger partial charge is 0.144 e. The van der Waals surface area contributed by atoms with Crippen molar-refractivity contribution < 1.29 is 31.4 Å². The molecule has 0 aliphatic carbocycles. The van der Waals surface area contributed by atoms with Gasteiger partial charge in [0.2, 0.25) is 0 Å². The summed E-state index contributed by atoms with van der Waals surface area (Å²) in [4.78, 5) is 0. The van der Waals surface area contributed by atoms with Crippen LogP contribution >= 0.6 is 0 Å². The van der Waals surface area contributed by atoms with Crippen molar-refractivity contribution in [3.63, 3.8) is 0 Å². The number of nitriles is 1. The van der Waals surface area contributed by atoms with Gasteiger partial charge in [0.25, 0.3) is 0 Å². The number of phenols is 1. The van der Waals surface area contributed by atoms with Crippen molar-refractivity contribution in [2.45, 2.75) is 32.6 Å². The molecule has 8 heteroatoms. The van der Waals surface area contributed by atoms with Gasteiger partial charge in [-0.05, 0) is 54.7 Å². The van der Waals surface area contributed by atoms with Crippen molar-refractivity contribution in [2.75, 3.05) is 0 Å². The SMILES string of the molecule is CCCc1cc(F)c(-c2c(O)cc(F)c(CCc3cc(F)c(C#N)c(F)c3)c2F)c(F)c1. The van der Waals surface area contributed by atoms with Gasteiger partial charge >= 0.3 is 0 Å². The third-order valence-corrected chi connectivity index (χ3v) is 5.06.